The Balaban J connectivity index is 1.77. The maximum atomic E-state index is 9.84. The Hall–Kier alpha value is -2.98. The molecule has 0 aliphatic heterocycles. The van der Waals surface area contributed by atoms with Crippen molar-refractivity contribution in [2.45, 2.75) is 86.9 Å². The molecule has 2 unspecified atom stereocenters. The Morgan fingerprint density at radius 3 is 1.41 bits per heavy atom. The van der Waals surface area contributed by atoms with Gasteiger partial charge >= 0.3 is 0 Å². The Morgan fingerprint density at radius 2 is 1.00 bits per heavy atom. The van der Waals surface area contributed by atoms with Crippen LogP contribution >= 0.6 is 0 Å². The zero-order valence-corrected chi connectivity index (χ0v) is 25.0. The van der Waals surface area contributed by atoms with Crippen molar-refractivity contribution in [3.05, 3.63) is 89.5 Å². The van der Waals surface area contributed by atoms with Crippen LogP contribution in [0.4, 0.5) is 0 Å². The molecule has 4 nitrogen and oxygen atoms in total. The molecule has 0 spiro atoms. The molecule has 3 rings (SSSR count). The first-order valence-electron chi connectivity index (χ1n) is 14.2. The van der Waals surface area contributed by atoms with E-state index in [0.717, 1.165) is 37.9 Å². The van der Waals surface area contributed by atoms with Crippen molar-refractivity contribution in [2.24, 2.45) is 16.2 Å². The number of phenolic OH excluding ortho intramolecular Hbond substituents is 2. The minimum Gasteiger partial charge on any atom is -0.508 e. The molecule has 3 aromatic rings. The lowest BCUT2D eigenvalue weighted by atomic mass is 9.62. The second kappa shape index (κ2) is 12.9. The van der Waals surface area contributed by atoms with Gasteiger partial charge in [-0.15, -0.1) is 0 Å². The number of hydrogen-bond acceptors (Lipinski definition) is 4. The highest BCUT2D eigenvalue weighted by Crippen LogP contribution is 2.47. The van der Waals surface area contributed by atoms with Gasteiger partial charge < -0.3 is 19.7 Å². The van der Waals surface area contributed by atoms with Gasteiger partial charge in [0, 0.05) is 6.61 Å². The molecule has 2 N–H and O–H groups in total. The second-order valence-electron chi connectivity index (χ2n) is 13.1. The van der Waals surface area contributed by atoms with Gasteiger partial charge in [0.2, 0.25) is 0 Å². The molecule has 0 radical (unpaired) electrons. The molecule has 0 amide bonds. The third-order valence-electron chi connectivity index (χ3n) is 7.31. The zero-order chi connectivity index (χ0) is 28.7. The van der Waals surface area contributed by atoms with Gasteiger partial charge in [0.15, 0.2) is 6.29 Å². The minimum atomic E-state index is -0.261. The van der Waals surface area contributed by atoms with E-state index in [1.165, 1.54) is 16.7 Å². The van der Waals surface area contributed by atoms with Gasteiger partial charge in [-0.25, -0.2) is 0 Å². The molecule has 0 fully saturated rings. The van der Waals surface area contributed by atoms with Gasteiger partial charge in [-0.2, -0.15) is 0 Å². The van der Waals surface area contributed by atoms with Crippen LogP contribution in [0.15, 0.2) is 72.8 Å². The number of hydrogen-bond donors (Lipinski definition) is 2. The molecule has 0 saturated heterocycles. The first-order valence-corrected chi connectivity index (χ1v) is 14.2. The molecule has 0 heterocycles. The van der Waals surface area contributed by atoms with Crippen molar-refractivity contribution in [2.75, 3.05) is 6.61 Å². The summed E-state index contributed by atoms with van der Waals surface area (Å²) in [6, 6.07) is 23.7. The Kier molecular flexibility index (Phi) is 10.1. The van der Waals surface area contributed by atoms with Crippen molar-refractivity contribution >= 4 is 0 Å². The third kappa shape index (κ3) is 10.3. The van der Waals surface area contributed by atoms with E-state index in [0.29, 0.717) is 18.1 Å². The van der Waals surface area contributed by atoms with Crippen molar-refractivity contribution < 1.29 is 19.7 Å². The number of rotatable bonds is 14. The first-order chi connectivity index (χ1) is 18.3. The minimum absolute atomic E-state index is 0.0386. The van der Waals surface area contributed by atoms with Crippen LogP contribution in [-0.2, 0) is 24.0 Å². The largest absolute Gasteiger partial charge is 0.508 e. The van der Waals surface area contributed by atoms with Crippen LogP contribution < -0.4 is 4.74 Å². The Morgan fingerprint density at radius 1 is 0.615 bits per heavy atom. The van der Waals surface area contributed by atoms with E-state index in [1.54, 1.807) is 24.3 Å². The van der Waals surface area contributed by atoms with E-state index in [1.807, 2.05) is 38.1 Å². The van der Waals surface area contributed by atoms with Crippen molar-refractivity contribution in [1.29, 1.82) is 0 Å². The summed E-state index contributed by atoms with van der Waals surface area (Å²) in [4.78, 5) is 0. The predicted octanol–water partition coefficient (Wildman–Crippen LogP) is 8.73. The zero-order valence-electron chi connectivity index (χ0n) is 25.0. The van der Waals surface area contributed by atoms with Gasteiger partial charge in [-0.3, -0.25) is 0 Å². The summed E-state index contributed by atoms with van der Waals surface area (Å²) in [5.41, 5.74) is 3.96. The molecule has 4 heteroatoms. The summed E-state index contributed by atoms with van der Waals surface area (Å²) in [6.07, 6.45) is 4.70. The number of benzene rings is 3. The highest BCUT2D eigenvalue weighted by atomic mass is 16.7. The van der Waals surface area contributed by atoms with Crippen LogP contribution in [0.5, 0.6) is 17.2 Å². The molecule has 212 valence electrons. The van der Waals surface area contributed by atoms with Crippen molar-refractivity contribution in [3.8, 4) is 17.2 Å². The van der Waals surface area contributed by atoms with E-state index in [2.05, 4.69) is 58.9 Å². The van der Waals surface area contributed by atoms with Gasteiger partial charge in [0.25, 0.3) is 0 Å². The SMILES string of the molecule is CCOC(C)Oc1ccc(CC(C)(C)CC(C)(Cc2ccc(O)cc2)CC(C)(C)Cc2ccc(O)cc2)cc1. The molecule has 2 atom stereocenters. The smallest absolute Gasteiger partial charge is 0.196 e. The molecule has 3 aromatic carbocycles. The van der Waals surface area contributed by atoms with E-state index >= 15 is 0 Å². The Labute approximate surface area is 236 Å². The average Bonchev–Trinajstić information content (AvgIpc) is 2.82. The maximum Gasteiger partial charge on any atom is 0.196 e. The van der Waals surface area contributed by atoms with Gasteiger partial charge in [0.1, 0.15) is 17.2 Å². The van der Waals surface area contributed by atoms with E-state index in [9.17, 15) is 10.2 Å². The first kappa shape index (κ1) is 30.6. The fourth-order valence-electron chi connectivity index (χ4n) is 6.59. The molecule has 0 aliphatic rings. The Bertz CT molecular complexity index is 1150. The normalized spacial score (nSPS) is 14.5. The van der Waals surface area contributed by atoms with Crippen LogP contribution in [0.3, 0.4) is 0 Å². The van der Waals surface area contributed by atoms with E-state index in [4.69, 9.17) is 9.47 Å². The van der Waals surface area contributed by atoms with E-state index in [-0.39, 0.29) is 22.5 Å². The van der Waals surface area contributed by atoms with E-state index < -0.39 is 0 Å². The van der Waals surface area contributed by atoms with Crippen LogP contribution in [0, 0.1) is 16.2 Å². The van der Waals surface area contributed by atoms with Crippen LogP contribution in [0.25, 0.3) is 0 Å². The lowest BCUT2D eigenvalue weighted by Crippen LogP contribution is -2.34. The standard InChI is InChI=1S/C35H48O4/c1-8-38-26(2)39-32-19-13-28(14-20-32)22-34(5,6)25-35(7,23-29-11-17-31(37)18-12-29)24-33(3,4)21-27-9-15-30(36)16-10-27/h9-20,26,36-37H,8,21-25H2,1-7H3. The average molecular weight is 533 g/mol. The van der Waals surface area contributed by atoms with Gasteiger partial charge in [-0.05, 0) is 115 Å². The summed E-state index contributed by atoms with van der Waals surface area (Å²) in [6.45, 7) is 16.4. The predicted molar refractivity (Wildman–Crippen MR) is 160 cm³/mol. The highest BCUT2D eigenvalue weighted by molar-refractivity contribution is 5.29. The lowest BCUT2D eigenvalue weighted by molar-refractivity contribution is -0.0613. The highest BCUT2D eigenvalue weighted by Gasteiger charge is 2.37. The molecule has 0 saturated carbocycles. The molecule has 0 aliphatic carbocycles. The topological polar surface area (TPSA) is 58.9 Å². The van der Waals surface area contributed by atoms with Crippen molar-refractivity contribution in [3.63, 3.8) is 0 Å². The summed E-state index contributed by atoms with van der Waals surface area (Å²) in [7, 11) is 0. The van der Waals surface area contributed by atoms with Gasteiger partial charge in [-0.1, -0.05) is 71.0 Å². The fraction of sp³-hybridized carbons (Fsp3) is 0.486. The van der Waals surface area contributed by atoms with Crippen LogP contribution in [0.1, 0.15) is 78.0 Å². The van der Waals surface area contributed by atoms with Crippen LogP contribution in [0.2, 0.25) is 0 Å². The quantitative estimate of drug-likeness (QED) is 0.204. The second-order valence-corrected chi connectivity index (χ2v) is 13.1. The third-order valence-corrected chi connectivity index (χ3v) is 7.31. The number of ether oxygens (including phenoxy) is 2. The van der Waals surface area contributed by atoms with Gasteiger partial charge in [0.05, 0.1) is 0 Å². The maximum absolute atomic E-state index is 9.84. The summed E-state index contributed by atoms with van der Waals surface area (Å²) in [5.74, 6) is 1.43. The monoisotopic (exact) mass is 532 g/mol. The summed E-state index contributed by atoms with van der Waals surface area (Å²) in [5, 5.41) is 19.6. The van der Waals surface area contributed by atoms with Crippen LogP contribution in [-0.4, -0.2) is 23.1 Å². The molecule has 0 aromatic heterocycles. The summed E-state index contributed by atoms with van der Waals surface area (Å²) >= 11 is 0. The lowest BCUT2D eigenvalue weighted by Gasteiger charge is -2.43. The molecule has 39 heavy (non-hydrogen) atoms. The number of aromatic hydroxyl groups is 2. The van der Waals surface area contributed by atoms with Crippen molar-refractivity contribution in [1.82, 2.24) is 0 Å². The molecular formula is C35H48O4. The fourth-order valence-corrected chi connectivity index (χ4v) is 6.59. The molecule has 0 bridgehead atoms. The summed E-state index contributed by atoms with van der Waals surface area (Å²) < 4.78 is 11.4. The molecular weight excluding hydrogens is 484 g/mol. The number of phenols is 2.